The molecule has 0 unspecified atom stereocenters. The van der Waals surface area contributed by atoms with Crippen LogP contribution in [0.2, 0.25) is 0 Å². The van der Waals surface area contributed by atoms with Gasteiger partial charge in [0.05, 0.1) is 17.3 Å². The van der Waals surface area contributed by atoms with Crippen LogP contribution in [-0.4, -0.2) is 7.05 Å². The molecule has 0 bridgehead atoms. The number of nitriles is 1. The van der Waals surface area contributed by atoms with Gasteiger partial charge in [0.2, 0.25) is 0 Å². The molecule has 108 valence electrons. The molecule has 1 atom stereocenters. The van der Waals surface area contributed by atoms with E-state index in [9.17, 15) is 4.39 Å². The lowest BCUT2D eigenvalue weighted by Crippen LogP contribution is -2.18. The minimum absolute atomic E-state index is 0.189. The van der Waals surface area contributed by atoms with Crippen molar-refractivity contribution in [2.75, 3.05) is 11.9 Å². The third-order valence-corrected chi connectivity index (χ3v) is 3.38. The Kier molecular flexibility index (Phi) is 4.56. The van der Waals surface area contributed by atoms with Gasteiger partial charge in [-0.2, -0.15) is 5.26 Å². The van der Waals surface area contributed by atoms with E-state index < -0.39 is 0 Å². The summed E-state index contributed by atoms with van der Waals surface area (Å²) in [4.78, 5) is 1.82. The Hall–Kier alpha value is -2.38. The van der Waals surface area contributed by atoms with Gasteiger partial charge in [0, 0.05) is 19.6 Å². The lowest BCUT2D eigenvalue weighted by molar-refractivity contribution is 0.617. The van der Waals surface area contributed by atoms with Crippen LogP contribution in [0.25, 0.3) is 0 Å². The van der Waals surface area contributed by atoms with Gasteiger partial charge in [0.25, 0.3) is 0 Å². The third-order valence-electron chi connectivity index (χ3n) is 3.38. The predicted octanol–water partition coefficient (Wildman–Crippen LogP) is 3.35. The molecule has 0 saturated carbocycles. The topological polar surface area (TPSA) is 53.0 Å². The number of benzene rings is 2. The number of hydrogen-bond donors (Lipinski definition) is 1. The number of hydrogen-bond acceptors (Lipinski definition) is 3. The van der Waals surface area contributed by atoms with Gasteiger partial charge >= 0.3 is 0 Å². The second kappa shape index (κ2) is 6.38. The highest BCUT2D eigenvalue weighted by molar-refractivity contribution is 5.49. The maximum absolute atomic E-state index is 14.2. The zero-order valence-corrected chi connectivity index (χ0v) is 12.2. The average Bonchev–Trinajstić information content (AvgIpc) is 2.47. The van der Waals surface area contributed by atoms with E-state index in [-0.39, 0.29) is 11.9 Å². The van der Waals surface area contributed by atoms with Crippen LogP contribution < -0.4 is 10.6 Å². The van der Waals surface area contributed by atoms with Gasteiger partial charge in [-0.1, -0.05) is 18.2 Å². The van der Waals surface area contributed by atoms with Crippen molar-refractivity contribution in [2.24, 2.45) is 5.73 Å². The SMILES string of the molecule is C[C@@H](N)c1ccc(N(C)Cc2cccc(C#N)c2)c(F)c1. The molecule has 0 aromatic heterocycles. The van der Waals surface area contributed by atoms with E-state index in [1.165, 1.54) is 6.07 Å². The molecule has 21 heavy (non-hydrogen) atoms. The Morgan fingerprint density at radius 1 is 1.29 bits per heavy atom. The fraction of sp³-hybridized carbons (Fsp3) is 0.235. The van der Waals surface area contributed by atoms with Crippen LogP contribution in [0.4, 0.5) is 10.1 Å². The average molecular weight is 283 g/mol. The van der Waals surface area contributed by atoms with Crippen molar-refractivity contribution < 1.29 is 4.39 Å². The van der Waals surface area contributed by atoms with Gasteiger partial charge in [0.1, 0.15) is 5.82 Å². The first-order chi connectivity index (χ1) is 10.0. The molecule has 0 spiro atoms. The summed E-state index contributed by atoms with van der Waals surface area (Å²) in [5.74, 6) is -0.288. The van der Waals surface area contributed by atoms with Crippen LogP contribution in [0.1, 0.15) is 29.7 Å². The minimum Gasteiger partial charge on any atom is -0.368 e. The highest BCUT2D eigenvalue weighted by Gasteiger charge is 2.10. The normalized spacial score (nSPS) is 11.8. The van der Waals surface area contributed by atoms with Crippen molar-refractivity contribution in [3.63, 3.8) is 0 Å². The molecule has 0 aliphatic heterocycles. The third kappa shape index (κ3) is 3.59. The first-order valence-corrected chi connectivity index (χ1v) is 6.76. The van der Waals surface area contributed by atoms with Crippen molar-refractivity contribution in [3.05, 3.63) is 65.0 Å². The molecule has 0 aliphatic carbocycles. The molecule has 0 amide bonds. The summed E-state index contributed by atoms with van der Waals surface area (Å²) in [6, 6.07) is 14.3. The summed E-state index contributed by atoms with van der Waals surface area (Å²) in [7, 11) is 1.82. The first-order valence-electron chi connectivity index (χ1n) is 6.76. The Balaban J connectivity index is 2.20. The van der Waals surface area contributed by atoms with Crippen LogP contribution in [0.15, 0.2) is 42.5 Å². The van der Waals surface area contributed by atoms with E-state index in [0.717, 1.165) is 11.1 Å². The quantitative estimate of drug-likeness (QED) is 0.936. The minimum atomic E-state index is -0.288. The molecule has 0 fully saturated rings. The lowest BCUT2D eigenvalue weighted by Gasteiger charge is -2.21. The van der Waals surface area contributed by atoms with Gasteiger partial charge in [0.15, 0.2) is 0 Å². The van der Waals surface area contributed by atoms with E-state index in [2.05, 4.69) is 6.07 Å². The molecule has 2 aromatic carbocycles. The van der Waals surface area contributed by atoms with Gasteiger partial charge in [-0.15, -0.1) is 0 Å². The van der Waals surface area contributed by atoms with Crippen LogP contribution in [0.3, 0.4) is 0 Å². The summed E-state index contributed by atoms with van der Waals surface area (Å²) < 4.78 is 14.2. The first kappa shape index (κ1) is 15.0. The zero-order valence-electron chi connectivity index (χ0n) is 12.2. The molecule has 2 N–H and O–H groups in total. The Morgan fingerprint density at radius 3 is 2.67 bits per heavy atom. The maximum atomic E-state index is 14.2. The molecule has 4 heteroatoms. The van der Waals surface area contributed by atoms with Gasteiger partial charge in [-0.3, -0.25) is 0 Å². The van der Waals surface area contributed by atoms with Crippen LogP contribution in [0, 0.1) is 17.1 Å². The van der Waals surface area contributed by atoms with Crippen molar-refractivity contribution in [1.29, 1.82) is 5.26 Å². The number of rotatable bonds is 4. The van der Waals surface area contributed by atoms with Crippen LogP contribution in [-0.2, 0) is 6.54 Å². The Bertz CT molecular complexity index is 674. The van der Waals surface area contributed by atoms with E-state index in [4.69, 9.17) is 11.0 Å². The summed E-state index contributed by atoms with van der Waals surface area (Å²) in [6.07, 6.45) is 0. The van der Waals surface area contributed by atoms with Crippen molar-refractivity contribution in [1.82, 2.24) is 0 Å². The van der Waals surface area contributed by atoms with E-state index >= 15 is 0 Å². The molecule has 0 saturated heterocycles. The molecule has 0 radical (unpaired) electrons. The molecule has 0 aliphatic rings. The molecule has 0 heterocycles. The smallest absolute Gasteiger partial charge is 0.146 e. The van der Waals surface area contributed by atoms with Crippen molar-refractivity contribution in [3.8, 4) is 6.07 Å². The molecule has 2 aromatic rings. The van der Waals surface area contributed by atoms with Crippen molar-refractivity contribution >= 4 is 5.69 Å². The fourth-order valence-corrected chi connectivity index (χ4v) is 2.21. The standard InChI is InChI=1S/C17H18FN3/c1-12(20)15-6-7-17(16(18)9-15)21(2)11-14-5-3-4-13(8-14)10-19/h3-9,12H,11,20H2,1-2H3/t12-/m1/s1. The summed E-state index contributed by atoms with van der Waals surface area (Å²) in [6.45, 7) is 2.36. The highest BCUT2D eigenvalue weighted by atomic mass is 19.1. The van der Waals surface area contributed by atoms with E-state index in [0.29, 0.717) is 17.8 Å². The second-order valence-electron chi connectivity index (χ2n) is 5.17. The zero-order chi connectivity index (χ0) is 15.4. The fourth-order valence-electron chi connectivity index (χ4n) is 2.21. The van der Waals surface area contributed by atoms with Gasteiger partial charge in [-0.05, 0) is 42.3 Å². The van der Waals surface area contributed by atoms with Crippen LogP contribution >= 0.6 is 0 Å². The Labute approximate surface area is 124 Å². The lowest BCUT2D eigenvalue weighted by atomic mass is 10.1. The van der Waals surface area contributed by atoms with E-state index in [1.807, 2.05) is 43.1 Å². The molecular formula is C17H18FN3. The number of anilines is 1. The van der Waals surface area contributed by atoms with Crippen LogP contribution in [0.5, 0.6) is 0 Å². The number of nitrogens with two attached hydrogens (primary N) is 1. The van der Waals surface area contributed by atoms with E-state index in [1.54, 1.807) is 12.1 Å². The van der Waals surface area contributed by atoms with Crippen molar-refractivity contribution in [2.45, 2.75) is 19.5 Å². The predicted molar refractivity (Wildman–Crippen MR) is 82.3 cm³/mol. The summed E-state index contributed by atoms with van der Waals surface area (Å²) in [5.41, 5.74) is 8.61. The molecular weight excluding hydrogens is 265 g/mol. The molecule has 3 nitrogen and oxygen atoms in total. The monoisotopic (exact) mass is 283 g/mol. The largest absolute Gasteiger partial charge is 0.368 e. The summed E-state index contributed by atoms with van der Waals surface area (Å²) >= 11 is 0. The summed E-state index contributed by atoms with van der Waals surface area (Å²) in [5, 5.41) is 8.90. The van der Waals surface area contributed by atoms with Gasteiger partial charge in [-0.25, -0.2) is 4.39 Å². The number of nitrogens with zero attached hydrogens (tertiary/aromatic N) is 2. The highest BCUT2D eigenvalue weighted by Crippen LogP contribution is 2.23. The maximum Gasteiger partial charge on any atom is 0.146 e. The number of halogens is 1. The second-order valence-corrected chi connectivity index (χ2v) is 5.17. The molecule has 2 rings (SSSR count). The van der Waals surface area contributed by atoms with Gasteiger partial charge < -0.3 is 10.6 Å². The Morgan fingerprint density at radius 2 is 2.05 bits per heavy atom.